The summed E-state index contributed by atoms with van der Waals surface area (Å²) < 4.78 is 61.0. The molecule has 0 spiro atoms. The number of halogens is 3. The van der Waals surface area contributed by atoms with Crippen molar-refractivity contribution in [3.05, 3.63) is 0 Å². The summed E-state index contributed by atoms with van der Waals surface area (Å²) in [5.41, 5.74) is 0. The molecule has 1 saturated carbocycles. The maximum Gasteiger partial charge on any atom is 0.389 e. The molecule has 0 aromatic heterocycles. The Balaban J connectivity index is 2.69. The maximum absolute atomic E-state index is 12.0. The molecule has 0 bridgehead atoms. The van der Waals surface area contributed by atoms with Crippen LogP contribution in [0.25, 0.3) is 0 Å². The predicted molar refractivity (Wildman–Crippen MR) is 65.7 cm³/mol. The highest BCUT2D eigenvalue weighted by Crippen LogP contribution is 2.27. The Kier molecular flexibility index (Phi) is 5.81. The van der Waals surface area contributed by atoms with Gasteiger partial charge in [-0.3, -0.25) is 4.79 Å². The molecule has 0 unspecified atom stereocenters. The average Bonchev–Trinajstić information content (AvgIpc) is 2.76. The number of alkyl halides is 3. The van der Waals surface area contributed by atoms with E-state index in [0.717, 1.165) is 17.1 Å². The molecule has 0 aromatic rings. The van der Waals surface area contributed by atoms with Gasteiger partial charge in [0.25, 0.3) is 0 Å². The van der Waals surface area contributed by atoms with Crippen molar-refractivity contribution in [2.75, 3.05) is 12.3 Å². The third-order valence-electron chi connectivity index (χ3n) is 3.24. The van der Waals surface area contributed by atoms with Crippen LogP contribution in [0.2, 0.25) is 0 Å². The van der Waals surface area contributed by atoms with Crippen LogP contribution in [0.1, 0.15) is 38.5 Å². The summed E-state index contributed by atoms with van der Waals surface area (Å²) in [6.07, 6.45) is -3.40. The van der Waals surface area contributed by atoms with Crippen LogP contribution in [0.5, 0.6) is 0 Å². The lowest BCUT2D eigenvalue weighted by Crippen LogP contribution is -2.43. The van der Waals surface area contributed by atoms with Gasteiger partial charge in [0, 0.05) is 12.5 Å². The Morgan fingerprint density at radius 3 is 2.25 bits per heavy atom. The Bertz CT molecular complexity index is 429. The Hall–Kier alpha value is -0.830. The lowest BCUT2D eigenvalue weighted by atomic mass is 10.2. The van der Waals surface area contributed by atoms with Crippen LogP contribution in [0.15, 0.2) is 0 Å². The third-order valence-corrected chi connectivity index (χ3v) is 5.19. The zero-order chi connectivity index (χ0) is 15.4. The van der Waals surface area contributed by atoms with Crippen LogP contribution < -0.4 is 0 Å². The van der Waals surface area contributed by atoms with E-state index in [0.29, 0.717) is 12.8 Å². The highest BCUT2D eigenvalue weighted by Gasteiger charge is 2.34. The molecule has 1 fully saturated rings. The van der Waals surface area contributed by atoms with Crippen molar-refractivity contribution in [3.63, 3.8) is 0 Å². The van der Waals surface area contributed by atoms with E-state index in [4.69, 9.17) is 5.11 Å². The lowest BCUT2D eigenvalue weighted by Gasteiger charge is -2.26. The van der Waals surface area contributed by atoms with Crippen LogP contribution in [0.3, 0.4) is 0 Å². The van der Waals surface area contributed by atoms with Crippen molar-refractivity contribution in [2.45, 2.75) is 50.7 Å². The van der Waals surface area contributed by atoms with Crippen molar-refractivity contribution in [3.8, 4) is 0 Å². The van der Waals surface area contributed by atoms with E-state index >= 15 is 0 Å². The van der Waals surface area contributed by atoms with E-state index in [-0.39, 0.29) is 0 Å². The topological polar surface area (TPSA) is 74.7 Å². The van der Waals surface area contributed by atoms with Gasteiger partial charge in [-0.25, -0.2) is 8.42 Å². The third kappa shape index (κ3) is 5.66. The first-order valence-corrected chi connectivity index (χ1v) is 8.01. The molecule has 0 aromatic carbocycles. The van der Waals surface area contributed by atoms with E-state index < -0.39 is 53.3 Å². The standard InChI is InChI=1S/C11H18F3NO4S/c12-11(13,14)6-3-7-20(18,19)15(8-10(16)17)9-4-1-2-5-9/h9H,1-8H2,(H,16,17). The molecule has 0 amide bonds. The van der Waals surface area contributed by atoms with Gasteiger partial charge in [0.2, 0.25) is 10.0 Å². The minimum atomic E-state index is -4.40. The highest BCUT2D eigenvalue weighted by atomic mass is 32.2. The van der Waals surface area contributed by atoms with Crippen molar-refractivity contribution in [1.82, 2.24) is 4.31 Å². The van der Waals surface area contributed by atoms with E-state index in [1.165, 1.54) is 0 Å². The maximum atomic E-state index is 12.0. The smallest absolute Gasteiger partial charge is 0.389 e. The van der Waals surface area contributed by atoms with Crippen LogP contribution in [0, 0.1) is 0 Å². The predicted octanol–water partition coefficient (Wildman–Crippen LogP) is 1.99. The zero-order valence-electron chi connectivity index (χ0n) is 10.9. The number of rotatable bonds is 7. The van der Waals surface area contributed by atoms with E-state index in [1.54, 1.807) is 0 Å². The van der Waals surface area contributed by atoms with Gasteiger partial charge in [0.15, 0.2) is 0 Å². The summed E-state index contributed by atoms with van der Waals surface area (Å²) in [4.78, 5) is 10.8. The SMILES string of the molecule is O=C(O)CN(C1CCCC1)S(=O)(=O)CCCC(F)(F)F. The summed E-state index contributed by atoms with van der Waals surface area (Å²) >= 11 is 0. The number of nitrogens with zero attached hydrogens (tertiary/aromatic N) is 1. The molecule has 1 aliphatic carbocycles. The van der Waals surface area contributed by atoms with Gasteiger partial charge in [0.1, 0.15) is 6.54 Å². The molecule has 20 heavy (non-hydrogen) atoms. The number of carboxylic acids is 1. The molecule has 0 saturated heterocycles. The molecule has 1 N–H and O–H groups in total. The summed E-state index contributed by atoms with van der Waals surface area (Å²) in [6, 6.07) is -0.401. The van der Waals surface area contributed by atoms with Crippen LogP contribution >= 0.6 is 0 Å². The number of aliphatic carboxylic acids is 1. The van der Waals surface area contributed by atoms with Gasteiger partial charge >= 0.3 is 12.1 Å². The fraction of sp³-hybridized carbons (Fsp3) is 0.909. The fourth-order valence-corrected chi connectivity index (χ4v) is 4.07. The molecule has 118 valence electrons. The number of hydrogen-bond donors (Lipinski definition) is 1. The lowest BCUT2D eigenvalue weighted by molar-refractivity contribution is -0.138. The second-order valence-electron chi connectivity index (χ2n) is 4.91. The van der Waals surface area contributed by atoms with Crippen LogP contribution in [0.4, 0.5) is 13.2 Å². The van der Waals surface area contributed by atoms with Crippen molar-refractivity contribution < 1.29 is 31.5 Å². The largest absolute Gasteiger partial charge is 0.480 e. The van der Waals surface area contributed by atoms with Gasteiger partial charge in [-0.15, -0.1) is 0 Å². The summed E-state index contributed by atoms with van der Waals surface area (Å²) in [5, 5.41) is 8.78. The average molecular weight is 317 g/mol. The molecule has 0 aliphatic heterocycles. The second kappa shape index (κ2) is 6.75. The van der Waals surface area contributed by atoms with E-state index in [9.17, 15) is 26.4 Å². The normalized spacial score (nSPS) is 17.8. The van der Waals surface area contributed by atoms with Crippen molar-refractivity contribution in [2.24, 2.45) is 0 Å². The molecule has 1 rings (SSSR count). The van der Waals surface area contributed by atoms with Crippen molar-refractivity contribution >= 4 is 16.0 Å². The van der Waals surface area contributed by atoms with Gasteiger partial charge in [-0.2, -0.15) is 17.5 Å². The van der Waals surface area contributed by atoms with Crippen LogP contribution in [-0.4, -0.2) is 48.3 Å². The fourth-order valence-electron chi connectivity index (χ4n) is 2.35. The first-order chi connectivity index (χ1) is 9.12. The number of hydrogen-bond acceptors (Lipinski definition) is 3. The molecule has 0 heterocycles. The molecule has 9 heteroatoms. The van der Waals surface area contributed by atoms with E-state index in [1.807, 2.05) is 0 Å². The molecule has 5 nitrogen and oxygen atoms in total. The molecule has 0 radical (unpaired) electrons. The van der Waals surface area contributed by atoms with Gasteiger partial charge in [-0.1, -0.05) is 12.8 Å². The van der Waals surface area contributed by atoms with Gasteiger partial charge in [-0.05, 0) is 19.3 Å². The molecule has 0 atom stereocenters. The molecular formula is C11H18F3NO4S. The summed E-state index contributed by atoms with van der Waals surface area (Å²) in [5.74, 6) is -1.97. The quantitative estimate of drug-likeness (QED) is 0.779. The monoisotopic (exact) mass is 317 g/mol. The molecule has 1 aliphatic rings. The minimum absolute atomic E-state index is 0.401. The van der Waals surface area contributed by atoms with E-state index in [2.05, 4.69) is 0 Å². The summed E-state index contributed by atoms with van der Waals surface area (Å²) in [7, 11) is -3.97. The van der Waals surface area contributed by atoms with Crippen LogP contribution in [-0.2, 0) is 14.8 Å². The Morgan fingerprint density at radius 1 is 1.25 bits per heavy atom. The number of carbonyl (C=O) groups is 1. The number of carboxylic acid groups (broad SMARTS) is 1. The molecular weight excluding hydrogens is 299 g/mol. The van der Waals surface area contributed by atoms with Crippen molar-refractivity contribution in [1.29, 1.82) is 0 Å². The Morgan fingerprint density at radius 2 is 1.80 bits per heavy atom. The van der Waals surface area contributed by atoms with Gasteiger partial charge in [0.05, 0.1) is 5.75 Å². The number of sulfonamides is 1. The second-order valence-corrected chi connectivity index (χ2v) is 6.95. The first kappa shape index (κ1) is 17.2. The zero-order valence-corrected chi connectivity index (χ0v) is 11.7. The Labute approximate surface area is 115 Å². The highest BCUT2D eigenvalue weighted by molar-refractivity contribution is 7.89. The summed E-state index contributed by atoms with van der Waals surface area (Å²) in [6.45, 7) is -0.682. The minimum Gasteiger partial charge on any atom is -0.480 e. The first-order valence-electron chi connectivity index (χ1n) is 6.40. The van der Waals surface area contributed by atoms with Gasteiger partial charge < -0.3 is 5.11 Å².